The van der Waals surface area contributed by atoms with Gasteiger partial charge in [0.15, 0.2) is 0 Å². The zero-order chi connectivity index (χ0) is 14.4. The molecule has 0 atom stereocenters. The fourth-order valence-corrected chi connectivity index (χ4v) is 2.07. The van der Waals surface area contributed by atoms with Gasteiger partial charge in [0.2, 0.25) is 0 Å². The highest BCUT2D eigenvalue weighted by atomic mass is 79.9. The average Bonchev–Trinajstić information content (AvgIpc) is 2.33. The molecular formula is C14H22BrN3O. The molecule has 19 heavy (non-hydrogen) atoms. The minimum Gasteiger partial charge on any atom is -0.336 e. The Morgan fingerprint density at radius 3 is 2.53 bits per heavy atom. The number of carbonyl (C=O) groups is 1. The predicted octanol–water partition coefficient (Wildman–Crippen LogP) is 2.50. The predicted molar refractivity (Wildman–Crippen MR) is 81.2 cm³/mol. The molecule has 1 aromatic rings. The normalized spacial score (nSPS) is 11.1. The summed E-state index contributed by atoms with van der Waals surface area (Å²) in [5.74, 6) is 0.440. The highest BCUT2D eigenvalue weighted by Gasteiger charge is 2.18. The Balaban J connectivity index is 2.81. The Labute approximate surface area is 123 Å². The van der Waals surface area contributed by atoms with Crippen LogP contribution in [0.5, 0.6) is 0 Å². The zero-order valence-corrected chi connectivity index (χ0v) is 13.6. The summed E-state index contributed by atoms with van der Waals surface area (Å²) in [6.07, 6.45) is 0. The molecule has 1 rings (SSSR count). The van der Waals surface area contributed by atoms with Crippen molar-refractivity contribution in [3.8, 4) is 0 Å². The third-order valence-corrected chi connectivity index (χ3v) is 3.07. The molecule has 0 radical (unpaired) electrons. The van der Waals surface area contributed by atoms with Crippen molar-refractivity contribution >= 4 is 21.8 Å². The zero-order valence-electron chi connectivity index (χ0n) is 12.1. The summed E-state index contributed by atoms with van der Waals surface area (Å²) >= 11 is 3.30. The van der Waals surface area contributed by atoms with E-state index in [9.17, 15) is 4.79 Å². The molecule has 0 unspecified atom stereocenters. The molecule has 0 bridgehead atoms. The van der Waals surface area contributed by atoms with Gasteiger partial charge in [-0.15, -0.1) is 0 Å². The molecule has 0 aliphatic rings. The van der Waals surface area contributed by atoms with Crippen LogP contribution in [0.15, 0.2) is 22.8 Å². The minimum atomic E-state index is -0.00292. The van der Waals surface area contributed by atoms with Gasteiger partial charge < -0.3 is 9.80 Å². The molecule has 0 saturated heterocycles. The van der Waals surface area contributed by atoms with Gasteiger partial charge in [0.1, 0.15) is 10.3 Å². The van der Waals surface area contributed by atoms with Crippen molar-refractivity contribution in [2.45, 2.75) is 13.8 Å². The van der Waals surface area contributed by atoms with Crippen LogP contribution in [0.3, 0.4) is 0 Å². The summed E-state index contributed by atoms with van der Waals surface area (Å²) in [6.45, 7) is 6.56. The first-order valence-corrected chi connectivity index (χ1v) is 7.26. The Morgan fingerprint density at radius 1 is 1.32 bits per heavy atom. The molecule has 1 amide bonds. The van der Waals surface area contributed by atoms with Crippen molar-refractivity contribution in [2.24, 2.45) is 5.92 Å². The van der Waals surface area contributed by atoms with E-state index in [1.54, 1.807) is 6.07 Å². The number of nitrogens with zero attached hydrogens (tertiary/aromatic N) is 3. The monoisotopic (exact) mass is 327 g/mol. The molecule has 0 fully saturated rings. The quantitative estimate of drug-likeness (QED) is 0.753. The van der Waals surface area contributed by atoms with E-state index in [1.165, 1.54) is 0 Å². The standard InChI is InChI=1S/C14H22BrN3O/c1-11(2)10-18(9-8-17(3)4)14(19)12-6-5-7-13(15)16-12/h5-7,11H,8-10H2,1-4H3. The first kappa shape index (κ1) is 16.1. The number of aromatic nitrogens is 1. The summed E-state index contributed by atoms with van der Waals surface area (Å²) in [5.41, 5.74) is 0.494. The van der Waals surface area contributed by atoms with Crippen LogP contribution in [0.4, 0.5) is 0 Å². The van der Waals surface area contributed by atoms with Crippen LogP contribution in [-0.4, -0.2) is 54.4 Å². The number of halogens is 1. The molecule has 1 aromatic heterocycles. The lowest BCUT2D eigenvalue weighted by Gasteiger charge is -2.25. The van der Waals surface area contributed by atoms with Crippen molar-refractivity contribution in [1.82, 2.24) is 14.8 Å². The summed E-state index contributed by atoms with van der Waals surface area (Å²) in [5, 5.41) is 0. The molecule has 5 heteroatoms. The third-order valence-electron chi connectivity index (χ3n) is 2.62. The number of carbonyl (C=O) groups excluding carboxylic acids is 1. The maximum Gasteiger partial charge on any atom is 0.272 e. The van der Waals surface area contributed by atoms with Gasteiger partial charge in [0.05, 0.1) is 0 Å². The lowest BCUT2D eigenvalue weighted by molar-refractivity contribution is 0.0718. The number of rotatable bonds is 6. The average molecular weight is 328 g/mol. The van der Waals surface area contributed by atoms with E-state index in [0.717, 1.165) is 19.6 Å². The van der Waals surface area contributed by atoms with Gasteiger partial charge in [0, 0.05) is 19.6 Å². The van der Waals surface area contributed by atoms with Crippen molar-refractivity contribution in [3.05, 3.63) is 28.5 Å². The van der Waals surface area contributed by atoms with E-state index in [4.69, 9.17) is 0 Å². The molecule has 106 valence electrons. The first-order valence-electron chi connectivity index (χ1n) is 6.46. The van der Waals surface area contributed by atoms with E-state index < -0.39 is 0 Å². The van der Waals surface area contributed by atoms with Crippen LogP contribution in [0.1, 0.15) is 24.3 Å². The smallest absolute Gasteiger partial charge is 0.272 e. The highest BCUT2D eigenvalue weighted by Crippen LogP contribution is 2.10. The summed E-state index contributed by atoms with van der Waals surface area (Å²) in [7, 11) is 4.02. The third kappa shape index (κ3) is 5.70. The van der Waals surface area contributed by atoms with Crippen LogP contribution in [0.2, 0.25) is 0 Å². The number of amides is 1. The van der Waals surface area contributed by atoms with Crippen LogP contribution >= 0.6 is 15.9 Å². The van der Waals surface area contributed by atoms with Gasteiger partial charge in [-0.05, 0) is 48.1 Å². The van der Waals surface area contributed by atoms with Gasteiger partial charge in [-0.1, -0.05) is 19.9 Å². The van der Waals surface area contributed by atoms with Gasteiger partial charge in [-0.25, -0.2) is 4.98 Å². The molecule has 0 aliphatic heterocycles. The summed E-state index contributed by atoms with van der Waals surface area (Å²) in [4.78, 5) is 20.7. The SMILES string of the molecule is CC(C)CN(CCN(C)C)C(=O)c1cccc(Br)n1. The lowest BCUT2D eigenvalue weighted by atomic mass is 10.2. The maximum atomic E-state index is 12.5. The molecular weight excluding hydrogens is 306 g/mol. The second-order valence-corrected chi connectivity index (χ2v) is 6.11. The number of hydrogen-bond acceptors (Lipinski definition) is 3. The van der Waals surface area contributed by atoms with Gasteiger partial charge in [-0.2, -0.15) is 0 Å². The number of hydrogen-bond donors (Lipinski definition) is 0. The van der Waals surface area contributed by atoms with Gasteiger partial charge in [0.25, 0.3) is 5.91 Å². The van der Waals surface area contributed by atoms with Crippen molar-refractivity contribution in [2.75, 3.05) is 33.7 Å². The second-order valence-electron chi connectivity index (χ2n) is 5.29. The van der Waals surface area contributed by atoms with Gasteiger partial charge >= 0.3 is 0 Å². The van der Waals surface area contributed by atoms with E-state index in [1.807, 2.05) is 31.1 Å². The molecule has 0 saturated carbocycles. The topological polar surface area (TPSA) is 36.4 Å². The summed E-state index contributed by atoms with van der Waals surface area (Å²) < 4.78 is 0.690. The molecule has 1 heterocycles. The fraction of sp³-hybridized carbons (Fsp3) is 0.571. The van der Waals surface area contributed by atoms with Crippen molar-refractivity contribution < 1.29 is 4.79 Å². The number of likely N-dealkylation sites (N-methyl/N-ethyl adjacent to an activating group) is 1. The van der Waals surface area contributed by atoms with Crippen LogP contribution < -0.4 is 0 Å². The van der Waals surface area contributed by atoms with E-state index >= 15 is 0 Å². The first-order chi connectivity index (χ1) is 8.90. The number of pyridine rings is 1. The van der Waals surface area contributed by atoms with Gasteiger partial charge in [-0.3, -0.25) is 4.79 Å². The lowest BCUT2D eigenvalue weighted by Crippen LogP contribution is -2.39. The fourth-order valence-electron chi connectivity index (χ4n) is 1.73. The van der Waals surface area contributed by atoms with Crippen LogP contribution in [-0.2, 0) is 0 Å². The van der Waals surface area contributed by atoms with E-state index in [2.05, 4.69) is 39.7 Å². The molecule has 0 spiro atoms. The molecule has 0 aromatic carbocycles. The largest absolute Gasteiger partial charge is 0.336 e. The Kier molecular flexibility index (Phi) is 6.45. The van der Waals surface area contributed by atoms with Crippen LogP contribution in [0.25, 0.3) is 0 Å². The summed E-state index contributed by atoms with van der Waals surface area (Å²) in [6, 6.07) is 5.42. The second kappa shape index (κ2) is 7.60. The van der Waals surface area contributed by atoms with Crippen LogP contribution in [0, 0.1) is 5.92 Å². The highest BCUT2D eigenvalue weighted by molar-refractivity contribution is 9.10. The maximum absolute atomic E-state index is 12.5. The minimum absolute atomic E-state index is 0.00292. The van der Waals surface area contributed by atoms with E-state index in [0.29, 0.717) is 16.2 Å². The van der Waals surface area contributed by atoms with Crippen molar-refractivity contribution in [1.29, 1.82) is 0 Å². The van der Waals surface area contributed by atoms with Crippen molar-refractivity contribution in [3.63, 3.8) is 0 Å². The molecule has 0 N–H and O–H groups in total. The Morgan fingerprint density at radius 2 is 2.00 bits per heavy atom. The Hall–Kier alpha value is -0.940. The molecule has 4 nitrogen and oxygen atoms in total. The van der Waals surface area contributed by atoms with E-state index in [-0.39, 0.29) is 5.91 Å². The molecule has 0 aliphatic carbocycles. The Bertz CT molecular complexity index is 421.